The Bertz CT molecular complexity index is 444. The Morgan fingerprint density at radius 1 is 1.45 bits per heavy atom. The summed E-state index contributed by atoms with van der Waals surface area (Å²) in [6.45, 7) is 0.380. The van der Waals surface area contributed by atoms with Crippen LogP contribution in [-0.4, -0.2) is 19.6 Å². The highest BCUT2D eigenvalue weighted by Crippen LogP contribution is 2.27. The lowest BCUT2D eigenvalue weighted by atomic mass is 10.0. The van der Waals surface area contributed by atoms with E-state index in [-0.39, 0.29) is 17.8 Å². The topological polar surface area (TPSA) is 38.3 Å². The van der Waals surface area contributed by atoms with Gasteiger partial charge < -0.3 is 10.1 Å². The zero-order valence-electron chi connectivity index (χ0n) is 11.9. The minimum absolute atomic E-state index is 0.0651. The lowest BCUT2D eigenvalue weighted by Gasteiger charge is -2.17. The van der Waals surface area contributed by atoms with E-state index < -0.39 is 0 Å². The second kappa shape index (κ2) is 7.39. The Morgan fingerprint density at radius 2 is 2.20 bits per heavy atom. The van der Waals surface area contributed by atoms with Crippen LogP contribution in [0.25, 0.3) is 0 Å². The average Bonchev–Trinajstić information content (AvgIpc) is 2.92. The molecule has 0 bridgehead atoms. The normalized spacial score (nSPS) is 17.1. The largest absolute Gasteiger partial charge is 0.375 e. The van der Waals surface area contributed by atoms with Crippen LogP contribution in [0.5, 0.6) is 0 Å². The molecular formula is C16H22FNO2. The first kappa shape index (κ1) is 15.0. The van der Waals surface area contributed by atoms with Gasteiger partial charge in [-0.3, -0.25) is 4.79 Å². The smallest absolute Gasteiger partial charge is 0.220 e. The van der Waals surface area contributed by atoms with Gasteiger partial charge in [-0.1, -0.05) is 25.0 Å². The maximum atomic E-state index is 13.2. The summed E-state index contributed by atoms with van der Waals surface area (Å²) in [5, 5.41) is 2.89. The van der Waals surface area contributed by atoms with E-state index in [4.69, 9.17) is 4.74 Å². The van der Waals surface area contributed by atoms with Gasteiger partial charge in [0.1, 0.15) is 5.82 Å². The Labute approximate surface area is 119 Å². The van der Waals surface area contributed by atoms with Crippen molar-refractivity contribution in [3.05, 3.63) is 35.6 Å². The fourth-order valence-electron chi connectivity index (χ4n) is 2.80. The summed E-state index contributed by atoms with van der Waals surface area (Å²) in [6, 6.07) is 6.30. The van der Waals surface area contributed by atoms with Crippen molar-refractivity contribution in [2.24, 2.45) is 5.92 Å². The van der Waals surface area contributed by atoms with Crippen LogP contribution in [0.4, 0.5) is 4.39 Å². The third kappa shape index (κ3) is 4.30. The number of hydrogen-bond donors (Lipinski definition) is 1. The zero-order chi connectivity index (χ0) is 14.4. The molecule has 0 saturated heterocycles. The summed E-state index contributed by atoms with van der Waals surface area (Å²) in [5.74, 6) is 0.308. The molecule has 0 aromatic heterocycles. The van der Waals surface area contributed by atoms with E-state index in [0.717, 1.165) is 18.4 Å². The van der Waals surface area contributed by atoms with Gasteiger partial charge in [0.05, 0.1) is 6.10 Å². The van der Waals surface area contributed by atoms with Gasteiger partial charge in [-0.15, -0.1) is 0 Å². The average molecular weight is 279 g/mol. The van der Waals surface area contributed by atoms with Gasteiger partial charge >= 0.3 is 0 Å². The molecule has 0 radical (unpaired) electrons. The number of hydrogen-bond acceptors (Lipinski definition) is 2. The molecule has 0 heterocycles. The predicted molar refractivity (Wildman–Crippen MR) is 75.7 cm³/mol. The van der Waals surface area contributed by atoms with Crippen LogP contribution >= 0.6 is 0 Å². The fraction of sp³-hybridized carbons (Fsp3) is 0.562. The number of methoxy groups -OCH3 is 1. The number of carbonyl (C=O) groups is 1. The maximum Gasteiger partial charge on any atom is 0.220 e. The van der Waals surface area contributed by atoms with E-state index in [1.54, 1.807) is 19.2 Å². The monoisotopic (exact) mass is 279 g/mol. The lowest BCUT2D eigenvalue weighted by molar-refractivity contribution is -0.122. The Balaban J connectivity index is 1.82. The minimum Gasteiger partial charge on any atom is -0.375 e. The van der Waals surface area contributed by atoms with Crippen molar-refractivity contribution in [1.82, 2.24) is 5.32 Å². The summed E-state index contributed by atoms with van der Waals surface area (Å²) in [6.07, 6.45) is 5.08. The van der Waals surface area contributed by atoms with E-state index >= 15 is 0 Å². The Kier molecular flexibility index (Phi) is 5.53. The molecule has 1 unspecified atom stereocenters. The van der Waals surface area contributed by atoms with Crippen molar-refractivity contribution in [2.45, 2.75) is 38.2 Å². The van der Waals surface area contributed by atoms with E-state index in [1.165, 1.54) is 25.0 Å². The van der Waals surface area contributed by atoms with E-state index in [1.807, 2.05) is 0 Å². The van der Waals surface area contributed by atoms with Gasteiger partial charge in [0.2, 0.25) is 5.91 Å². The molecule has 1 aromatic carbocycles. The van der Waals surface area contributed by atoms with E-state index in [0.29, 0.717) is 18.9 Å². The molecule has 3 nitrogen and oxygen atoms in total. The molecule has 1 fully saturated rings. The summed E-state index contributed by atoms with van der Waals surface area (Å²) in [4.78, 5) is 11.9. The first-order valence-electron chi connectivity index (χ1n) is 7.24. The van der Waals surface area contributed by atoms with Crippen LogP contribution < -0.4 is 5.32 Å². The van der Waals surface area contributed by atoms with Crippen molar-refractivity contribution in [3.8, 4) is 0 Å². The van der Waals surface area contributed by atoms with Crippen LogP contribution in [0, 0.1) is 11.7 Å². The standard InChI is InChI=1S/C16H22FNO2/c1-20-15(13-7-4-8-14(17)10-13)11-18-16(19)9-12-5-2-3-6-12/h4,7-8,10,12,15H,2-3,5-6,9,11H2,1H3,(H,18,19). The highest BCUT2D eigenvalue weighted by molar-refractivity contribution is 5.76. The first-order valence-corrected chi connectivity index (χ1v) is 7.24. The summed E-state index contributed by atoms with van der Waals surface area (Å²) >= 11 is 0. The zero-order valence-corrected chi connectivity index (χ0v) is 11.9. The van der Waals surface area contributed by atoms with Gasteiger partial charge in [-0.25, -0.2) is 4.39 Å². The van der Waals surface area contributed by atoms with Crippen LogP contribution in [0.3, 0.4) is 0 Å². The highest BCUT2D eigenvalue weighted by atomic mass is 19.1. The molecule has 0 aliphatic heterocycles. The van der Waals surface area contributed by atoms with Gasteiger partial charge in [-0.2, -0.15) is 0 Å². The number of halogens is 1. The van der Waals surface area contributed by atoms with Crippen molar-refractivity contribution >= 4 is 5.91 Å². The van der Waals surface area contributed by atoms with Gasteiger partial charge in [0.15, 0.2) is 0 Å². The second-order valence-electron chi connectivity index (χ2n) is 5.44. The second-order valence-corrected chi connectivity index (χ2v) is 5.44. The molecule has 4 heteroatoms. The molecule has 1 N–H and O–H groups in total. The molecule has 1 amide bonds. The quantitative estimate of drug-likeness (QED) is 0.868. The molecule has 1 aromatic rings. The van der Waals surface area contributed by atoms with E-state index in [9.17, 15) is 9.18 Å². The summed E-state index contributed by atoms with van der Waals surface area (Å²) < 4.78 is 18.5. The number of nitrogens with one attached hydrogen (secondary N) is 1. The van der Waals surface area contributed by atoms with Crippen LogP contribution in [0.1, 0.15) is 43.8 Å². The van der Waals surface area contributed by atoms with Crippen molar-refractivity contribution in [1.29, 1.82) is 0 Å². The molecule has 1 saturated carbocycles. The van der Waals surface area contributed by atoms with Crippen molar-refractivity contribution in [3.63, 3.8) is 0 Å². The molecule has 1 aliphatic rings. The number of benzene rings is 1. The van der Waals surface area contributed by atoms with Gasteiger partial charge in [0.25, 0.3) is 0 Å². The number of carbonyl (C=O) groups excluding carboxylic acids is 1. The van der Waals surface area contributed by atoms with Gasteiger partial charge in [-0.05, 0) is 36.5 Å². The molecule has 2 rings (SSSR count). The predicted octanol–water partition coefficient (Wildman–Crippen LogP) is 3.21. The molecular weight excluding hydrogens is 257 g/mol. The third-order valence-electron chi connectivity index (χ3n) is 3.94. The summed E-state index contributed by atoms with van der Waals surface area (Å²) in [5.41, 5.74) is 0.744. The molecule has 110 valence electrons. The highest BCUT2D eigenvalue weighted by Gasteiger charge is 2.19. The SMILES string of the molecule is COC(CNC(=O)CC1CCCC1)c1cccc(F)c1. The Morgan fingerprint density at radius 3 is 2.85 bits per heavy atom. The molecule has 0 spiro atoms. The first-order chi connectivity index (χ1) is 9.69. The third-order valence-corrected chi connectivity index (χ3v) is 3.94. The maximum absolute atomic E-state index is 13.2. The number of rotatable bonds is 6. The van der Waals surface area contributed by atoms with Crippen LogP contribution in [0.15, 0.2) is 24.3 Å². The van der Waals surface area contributed by atoms with Crippen LogP contribution in [0.2, 0.25) is 0 Å². The summed E-state index contributed by atoms with van der Waals surface area (Å²) in [7, 11) is 1.57. The number of ether oxygens (including phenoxy) is 1. The lowest BCUT2D eigenvalue weighted by Crippen LogP contribution is -2.30. The Hall–Kier alpha value is -1.42. The molecule has 20 heavy (non-hydrogen) atoms. The van der Waals surface area contributed by atoms with Crippen molar-refractivity contribution < 1.29 is 13.9 Å². The van der Waals surface area contributed by atoms with E-state index in [2.05, 4.69) is 5.32 Å². The minimum atomic E-state index is -0.307. The molecule has 1 aliphatic carbocycles. The fourth-order valence-corrected chi connectivity index (χ4v) is 2.80. The number of amides is 1. The van der Waals surface area contributed by atoms with Crippen LogP contribution in [-0.2, 0) is 9.53 Å². The van der Waals surface area contributed by atoms with Crippen molar-refractivity contribution in [2.75, 3.05) is 13.7 Å². The van der Waals surface area contributed by atoms with Gasteiger partial charge in [0, 0.05) is 20.1 Å². The molecule has 1 atom stereocenters.